The summed E-state index contributed by atoms with van der Waals surface area (Å²) in [7, 11) is 1.59. The van der Waals surface area contributed by atoms with Crippen molar-refractivity contribution in [2.45, 2.75) is 39.3 Å². The van der Waals surface area contributed by atoms with Gasteiger partial charge in [0, 0.05) is 11.8 Å². The van der Waals surface area contributed by atoms with Crippen molar-refractivity contribution in [2.24, 2.45) is 5.92 Å². The van der Waals surface area contributed by atoms with Crippen LogP contribution in [0.1, 0.15) is 50.6 Å². The van der Waals surface area contributed by atoms with E-state index in [1.165, 1.54) is 0 Å². The molecule has 2 atom stereocenters. The van der Waals surface area contributed by atoms with Gasteiger partial charge in [0.1, 0.15) is 11.8 Å². The molecule has 3 aromatic rings. The standard InChI is InChI=1S/C24H28N2O4/c1-15(2)13-21(27)26-22(17-9-6-5-7-10-17)24(28)25-16(3)20-14-18-11-8-12-19(29-4)23(18)30-20/h5-12,14-16,22H,13H2,1-4H3,(H,25,28)(H,26,27). The summed E-state index contributed by atoms with van der Waals surface area (Å²) < 4.78 is 11.3. The highest BCUT2D eigenvalue weighted by Gasteiger charge is 2.25. The van der Waals surface area contributed by atoms with Crippen molar-refractivity contribution in [3.05, 3.63) is 65.9 Å². The van der Waals surface area contributed by atoms with Crippen molar-refractivity contribution < 1.29 is 18.7 Å². The molecule has 0 bridgehead atoms. The van der Waals surface area contributed by atoms with Crippen LogP contribution in [0, 0.1) is 5.92 Å². The largest absolute Gasteiger partial charge is 0.493 e. The molecular formula is C24H28N2O4. The lowest BCUT2D eigenvalue weighted by Gasteiger charge is -2.21. The number of ether oxygens (including phenoxy) is 1. The van der Waals surface area contributed by atoms with E-state index in [9.17, 15) is 9.59 Å². The lowest BCUT2D eigenvalue weighted by molar-refractivity contribution is -0.130. The lowest BCUT2D eigenvalue weighted by Crippen LogP contribution is -2.41. The summed E-state index contributed by atoms with van der Waals surface area (Å²) in [5, 5.41) is 6.73. The van der Waals surface area contributed by atoms with Gasteiger partial charge in [-0.25, -0.2) is 0 Å². The normalized spacial score (nSPS) is 13.1. The van der Waals surface area contributed by atoms with Gasteiger partial charge in [0.15, 0.2) is 11.3 Å². The first-order valence-electron chi connectivity index (χ1n) is 10.1. The van der Waals surface area contributed by atoms with E-state index in [-0.39, 0.29) is 23.8 Å². The highest BCUT2D eigenvalue weighted by molar-refractivity contribution is 5.89. The Bertz CT molecular complexity index is 1010. The molecule has 6 nitrogen and oxygen atoms in total. The molecule has 0 radical (unpaired) electrons. The first-order chi connectivity index (χ1) is 14.4. The molecular weight excluding hydrogens is 380 g/mol. The van der Waals surface area contributed by atoms with Crippen LogP contribution in [-0.2, 0) is 9.59 Å². The molecule has 0 aliphatic carbocycles. The van der Waals surface area contributed by atoms with Gasteiger partial charge in [-0.1, -0.05) is 56.3 Å². The number of fused-ring (bicyclic) bond motifs is 1. The van der Waals surface area contributed by atoms with Crippen molar-refractivity contribution in [3.8, 4) is 5.75 Å². The number of hydrogen-bond acceptors (Lipinski definition) is 4. The van der Waals surface area contributed by atoms with Crippen LogP contribution in [0.5, 0.6) is 5.75 Å². The van der Waals surface area contributed by atoms with E-state index in [1.807, 2.05) is 75.4 Å². The molecule has 2 N–H and O–H groups in total. The summed E-state index contributed by atoms with van der Waals surface area (Å²) in [6.45, 7) is 5.78. The van der Waals surface area contributed by atoms with Crippen LogP contribution in [-0.4, -0.2) is 18.9 Å². The number of amides is 2. The fraction of sp³-hybridized carbons (Fsp3) is 0.333. The van der Waals surface area contributed by atoms with Crippen LogP contribution in [0.2, 0.25) is 0 Å². The van der Waals surface area contributed by atoms with E-state index in [0.717, 1.165) is 10.9 Å². The number of hydrogen-bond donors (Lipinski definition) is 2. The minimum Gasteiger partial charge on any atom is -0.493 e. The fourth-order valence-electron chi connectivity index (χ4n) is 3.33. The van der Waals surface area contributed by atoms with Crippen LogP contribution in [0.3, 0.4) is 0 Å². The third kappa shape index (κ3) is 5.00. The Morgan fingerprint density at radius 2 is 1.73 bits per heavy atom. The van der Waals surface area contributed by atoms with Gasteiger partial charge in [0.25, 0.3) is 0 Å². The zero-order valence-electron chi connectivity index (χ0n) is 17.8. The molecule has 158 valence electrons. The molecule has 2 amide bonds. The SMILES string of the molecule is COc1cccc2cc(C(C)NC(=O)C(NC(=O)CC(C)C)c3ccccc3)oc12. The molecule has 0 saturated carbocycles. The van der Waals surface area contributed by atoms with E-state index in [1.54, 1.807) is 7.11 Å². The van der Waals surface area contributed by atoms with Crippen molar-refractivity contribution in [3.63, 3.8) is 0 Å². The average molecular weight is 408 g/mol. The van der Waals surface area contributed by atoms with Gasteiger partial charge >= 0.3 is 0 Å². The highest BCUT2D eigenvalue weighted by atomic mass is 16.5. The fourth-order valence-corrected chi connectivity index (χ4v) is 3.33. The predicted octanol–water partition coefficient (Wildman–Crippen LogP) is 4.52. The molecule has 0 fully saturated rings. The van der Waals surface area contributed by atoms with Gasteiger partial charge in [0.2, 0.25) is 11.8 Å². The Balaban J connectivity index is 1.80. The number of para-hydroxylation sites is 1. The Hall–Kier alpha value is -3.28. The topological polar surface area (TPSA) is 80.6 Å². The van der Waals surface area contributed by atoms with Crippen LogP contribution < -0.4 is 15.4 Å². The molecule has 2 aromatic carbocycles. The quantitative estimate of drug-likeness (QED) is 0.574. The van der Waals surface area contributed by atoms with Gasteiger partial charge in [-0.15, -0.1) is 0 Å². The van der Waals surface area contributed by atoms with Gasteiger partial charge in [-0.3, -0.25) is 9.59 Å². The number of methoxy groups -OCH3 is 1. The molecule has 0 aliphatic rings. The van der Waals surface area contributed by atoms with E-state index in [0.29, 0.717) is 23.5 Å². The number of nitrogens with one attached hydrogen (secondary N) is 2. The Labute approximate surface area is 176 Å². The molecule has 1 aromatic heterocycles. The van der Waals surface area contributed by atoms with Gasteiger partial charge in [0.05, 0.1) is 13.2 Å². The van der Waals surface area contributed by atoms with Gasteiger partial charge < -0.3 is 19.8 Å². The second kappa shape index (κ2) is 9.48. The summed E-state index contributed by atoms with van der Waals surface area (Å²) in [5.41, 5.74) is 1.37. The third-order valence-corrected chi connectivity index (χ3v) is 4.83. The predicted molar refractivity (Wildman–Crippen MR) is 116 cm³/mol. The van der Waals surface area contributed by atoms with Crippen LogP contribution in [0.15, 0.2) is 59.0 Å². The molecule has 0 saturated heterocycles. The molecule has 1 heterocycles. The number of carbonyl (C=O) groups is 2. The van der Waals surface area contributed by atoms with Crippen molar-refractivity contribution in [2.75, 3.05) is 7.11 Å². The average Bonchev–Trinajstić information content (AvgIpc) is 3.16. The van der Waals surface area contributed by atoms with Crippen LogP contribution in [0.25, 0.3) is 11.0 Å². The summed E-state index contributed by atoms with van der Waals surface area (Å²) in [5.74, 6) is 1.01. The second-order valence-electron chi connectivity index (χ2n) is 7.77. The van der Waals surface area contributed by atoms with Crippen LogP contribution >= 0.6 is 0 Å². The van der Waals surface area contributed by atoms with E-state index in [4.69, 9.17) is 9.15 Å². The van der Waals surface area contributed by atoms with Crippen molar-refractivity contribution in [1.29, 1.82) is 0 Å². The van der Waals surface area contributed by atoms with Crippen molar-refractivity contribution in [1.82, 2.24) is 10.6 Å². The molecule has 30 heavy (non-hydrogen) atoms. The van der Waals surface area contributed by atoms with E-state index >= 15 is 0 Å². The maximum atomic E-state index is 13.1. The molecule has 0 aliphatic heterocycles. The van der Waals surface area contributed by atoms with Crippen molar-refractivity contribution >= 4 is 22.8 Å². The summed E-state index contributed by atoms with van der Waals surface area (Å²) in [6.07, 6.45) is 0.357. The number of carbonyl (C=O) groups excluding carboxylic acids is 2. The monoisotopic (exact) mass is 408 g/mol. The summed E-state index contributed by atoms with van der Waals surface area (Å²) in [6, 6.07) is 15.6. The number of furan rings is 1. The number of rotatable bonds is 8. The zero-order valence-corrected chi connectivity index (χ0v) is 17.8. The number of benzene rings is 2. The highest BCUT2D eigenvalue weighted by Crippen LogP contribution is 2.31. The molecule has 6 heteroatoms. The minimum atomic E-state index is -0.779. The summed E-state index contributed by atoms with van der Waals surface area (Å²) in [4.78, 5) is 25.5. The third-order valence-electron chi connectivity index (χ3n) is 4.83. The Morgan fingerprint density at radius 3 is 2.40 bits per heavy atom. The molecule has 3 rings (SSSR count). The summed E-state index contributed by atoms with van der Waals surface area (Å²) >= 11 is 0. The zero-order chi connectivity index (χ0) is 21.7. The minimum absolute atomic E-state index is 0.157. The molecule has 0 spiro atoms. The lowest BCUT2D eigenvalue weighted by atomic mass is 10.0. The second-order valence-corrected chi connectivity index (χ2v) is 7.77. The molecule has 2 unspecified atom stereocenters. The first kappa shape index (κ1) is 21.4. The Morgan fingerprint density at radius 1 is 1.00 bits per heavy atom. The van der Waals surface area contributed by atoms with Crippen LogP contribution in [0.4, 0.5) is 0 Å². The van der Waals surface area contributed by atoms with Gasteiger partial charge in [-0.2, -0.15) is 0 Å². The van der Waals surface area contributed by atoms with E-state index in [2.05, 4.69) is 10.6 Å². The first-order valence-corrected chi connectivity index (χ1v) is 10.1. The Kier molecular flexibility index (Phi) is 6.77. The van der Waals surface area contributed by atoms with E-state index < -0.39 is 6.04 Å². The smallest absolute Gasteiger partial charge is 0.247 e. The maximum Gasteiger partial charge on any atom is 0.247 e. The maximum absolute atomic E-state index is 13.1. The van der Waals surface area contributed by atoms with Gasteiger partial charge in [-0.05, 0) is 30.5 Å².